The average Bonchev–Trinajstić information content (AvgIpc) is 2.96. The maximum atomic E-state index is 12.5. The van der Waals surface area contributed by atoms with Gasteiger partial charge in [0.25, 0.3) is 0 Å². The molecule has 110 valence electrons. The molecule has 1 aliphatic rings. The van der Waals surface area contributed by atoms with Gasteiger partial charge in [0.1, 0.15) is 0 Å². The van der Waals surface area contributed by atoms with E-state index in [1.807, 2.05) is 18.2 Å². The van der Waals surface area contributed by atoms with Crippen molar-refractivity contribution in [2.75, 3.05) is 19.6 Å². The molecule has 2 N–H and O–H groups in total. The molecule has 3 heteroatoms. The van der Waals surface area contributed by atoms with E-state index in [0.717, 1.165) is 25.9 Å². The van der Waals surface area contributed by atoms with Gasteiger partial charge in [0, 0.05) is 18.5 Å². The normalized spacial score (nSPS) is 22.8. The van der Waals surface area contributed by atoms with E-state index < -0.39 is 0 Å². The fraction of sp³-hybridized carbons (Fsp3) is 0.588. The second kappa shape index (κ2) is 5.96. The summed E-state index contributed by atoms with van der Waals surface area (Å²) in [6.45, 7) is 8.89. The Labute approximate surface area is 122 Å². The van der Waals surface area contributed by atoms with Crippen molar-refractivity contribution in [3.63, 3.8) is 0 Å². The van der Waals surface area contributed by atoms with Crippen LogP contribution in [0.3, 0.4) is 0 Å². The van der Waals surface area contributed by atoms with Crippen LogP contribution in [-0.4, -0.2) is 25.5 Å². The molecule has 2 rings (SSSR count). The summed E-state index contributed by atoms with van der Waals surface area (Å²) in [6, 6.07) is 10.4. The summed E-state index contributed by atoms with van der Waals surface area (Å²) in [5.41, 5.74) is 1.01. The van der Waals surface area contributed by atoms with E-state index in [-0.39, 0.29) is 16.7 Å². The molecule has 1 amide bonds. The number of hydrogen-bond acceptors (Lipinski definition) is 2. The lowest BCUT2D eigenvalue weighted by Crippen LogP contribution is -2.46. The summed E-state index contributed by atoms with van der Waals surface area (Å²) in [7, 11) is 0. The summed E-state index contributed by atoms with van der Waals surface area (Å²) in [6.07, 6.45) is 1.85. The third-order valence-electron chi connectivity index (χ3n) is 4.65. The Morgan fingerprint density at radius 2 is 2.05 bits per heavy atom. The number of nitrogens with one attached hydrogen (secondary N) is 2. The largest absolute Gasteiger partial charge is 0.355 e. The molecule has 1 fully saturated rings. The van der Waals surface area contributed by atoms with Gasteiger partial charge < -0.3 is 10.6 Å². The van der Waals surface area contributed by atoms with Crippen LogP contribution in [0.4, 0.5) is 0 Å². The van der Waals surface area contributed by atoms with Crippen molar-refractivity contribution in [1.82, 2.24) is 10.6 Å². The van der Waals surface area contributed by atoms with Crippen LogP contribution in [-0.2, 0) is 10.2 Å². The molecule has 0 saturated carbocycles. The van der Waals surface area contributed by atoms with E-state index in [2.05, 4.69) is 43.5 Å². The molecule has 1 heterocycles. The monoisotopic (exact) mass is 274 g/mol. The van der Waals surface area contributed by atoms with E-state index >= 15 is 0 Å². The van der Waals surface area contributed by atoms with Crippen LogP contribution in [0, 0.1) is 5.41 Å². The smallest absolute Gasteiger partial charge is 0.227 e. The minimum atomic E-state index is -0.202. The number of rotatable bonds is 5. The maximum absolute atomic E-state index is 12.5. The molecule has 0 aliphatic carbocycles. The summed E-state index contributed by atoms with van der Waals surface area (Å²) >= 11 is 0. The Balaban J connectivity index is 1.99. The van der Waals surface area contributed by atoms with E-state index in [4.69, 9.17) is 0 Å². The van der Waals surface area contributed by atoms with Crippen LogP contribution in [0.25, 0.3) is 0 Å². The molecule has 0 aromatic heterocycles. The Morgan fingerprint density at radius 1 is 1.35 bits per heavy atom. The lowest BCUT2D eigenvalue weighted by Gasteiger charge is -2.30. The number of hydrogen-bond donors (Lipinski definition) is 2. The summed E-state index contributed by atoms with van der Waals surface area (Å²) < 4.78 is 0. The first-order chi connectivity index (χ1) is 9.50. The van der Waals surface area contributed by atoms with Gasteiger partial charge in [-0.15, -0.1) is 0 Å². The molecule has 1 aliphatic heterocycles. The van der Waals surface area contributed by atoms with Crippen molar-refractivity contribution >= 4 is 5.91 Å². The predicted octanol–water partition coefficient (Wildman–Crippen LogP) is 2.47. The van der Waals surface area contributed by atoms with Gasteiger partial charge in [0.15, 0.2) is 0 Å². The molecule has 0 bridgehead atoms. The van der Waals surface area contributed by atoms with Crippen LogP contribution in [0.2, 0.25) is 0 Å². The van der Waals surface area contributed by atoms with Gasteiger partial charge in [-0.2, -0.15) is 0 Å². The quantitative estimate of drug-likeness (QED) is 0.866. The molecular formula is C17H26N2O. The summed E-state index contributed by atoms with van der Waals surface area (Å²) in [5.74, 6) is 0.203. The fourth-order valence-corrected chi connectivity index (χ4v) is 2.88. The van der Waals surface area contributed by atoms with Gasteiger partial charge in [0.2, 0.25) is 5.91 Å². The molecule has 1 unspecified atom stereocenters. The van der Waals surface area contributed by atoms with Crippen LogP contribution in [0.1, 0.15) is 39.2 Å². The van der Waals surface area contributed by atoms with Gasteiger partial charge >= 0.3 is 0 Å². The highest BCUT2D eigenvalue weighted by atomic mass is 16.2. The first kappa shape index (κ1) is 15.0. The Hall–Kier alpha value is -1.35. The molecule has 1 aromatic rings. The zero-order valence-corrected chi connectivity index (χ0v) is 12.8. The zero-order chi connectivity index (χ0) is 14.6. The highest BCUT2D eigenvalue weighted by Gasteiger charge is 2.39. The lowest BCUT2D eigenvalue weighted by molar-refractivity contribution is -0.130. The molecule has 1 saturated heterocycles. The minimum Gasteiger partial charge on any atom is -0.355 e. The van der Waals surface area contributed by atoms with Gasteiger partial charge in [0.05, 0.1) is 5.41 Å². The van der Waals surface area contributed by atoms with E-state index in [1.54, 1.807) is 0 Å². The van der Waals surface area contributed by atoms with Gasteiger partial charge in [-0.05, 0) is 24.9 Å². The van der Waals surface area contributed by atoms with Gasteiger partial charge in [-0.25, -0.2) is 0 Å². The van der Waals surface area contributed by atoms with Crippen molar-refractivity contribution in [3.05, 3.63) is 35.9 Å². The van der Waals surface area contributed by atoms with Crippen LogP contribution in [0.15, 0.2) is 30.3 Å². The van der Waals surface area contributed by atoms with Gasteiger partial charge in [-0.3, -0.25) is 4.79 Å². The molecule has 1 aromatic carbocycles. The topological polar surface area (TPSA) is 41.1 Å². The van der Waals surface area contributed by atoms with Crippen molar-refractivity contribution in [1.29, 1.82) is 0 Å². The number of amides is 1. The Bertz CT molecular complexity index is 447. The Kier molecular flexibility index (Phi) is 4.48. The molecule has 3 nitrogen and oxygen atoms in total. The van der Waals surface area contributed by atoms with Crippen LogP contribution in [0.5, 0.6) is 0 Å². The van der Waals surface area contributed by atoms with Crippen LogP contribution < -0.4 is 10.6 Å². The minimum absolute atomic E-state index is 0.0438. The zero-order valence-electron chi connectivity index (χ0n) is 12.8. The van der Waals surface area contributed by atoms with Crippen molar-refractivity contribution in [2.24, 2.45) is 5.41 Å². The highest BCUT2D eigenvalue weighted by molar-refractivity contribution is 5.83. The number of carbonyl (C=O) groups is 1. The summed E-state index contributed by atoms with van der Waals surface area (Å²) in [4.78, 5) is 12.5. The SMILES string of the molecule is CCC1(C(=O)NCC(C)(C)c2ccccc2)CCNC1. The van der Waals surface area contributed by atoms with Crippen LogP contribution >= 0.6 is 0 Å². The van der Waals surface area contributed by atoms with Crippen molar-refractivity contribution < 1.29 is 4.79 Å². The fourth-order valence-electron chi connectivity index (χ4n) is 2.88. The summed E-state index contributed by atoms with van der Waals surface area (Å²) in [5, 5.41) is 6.49. The second-order valence-corrected chi connectivity index (χ2v) is 6.49. The van der Waals surface area contributed by atoms with E-state index in [0.29, 0.717) is 6.54 Å². The maximum Gasteiger partial charge on any atom is 0.227 e. The lowest BCUT2D eigenvalue weighted by atomic mass is 9.81. The third-order valence-corrected chi connectivity index (χ3v) is 4.65. The molecular weight excluding hydrogens is 248 g/mol. The first-order valence-corrected chi connectivity index (χ1v) is 7.55. The molecule has 0 spiro atoms. The highest BCUT2D eigenvalue weighted by Crippen LogP contribution is 2.30. The second-order valence-electron chi connectivity index (χ2n) is 6.49. The molecule has 0 radical (unpaired) electrons. The Morgan fingerprint density at radius 3 is 2.60 bits per heavy atom. The first-order valence-electron chi connectivity index (χ1n) is 7.55. The van der Waals surface area contributed by atoms with Crippen molar-refractivity contribution in [2.45, 2.75) is 39.0 Å². The standard InChI is InChI=1S/C17H26N2O/c1-4-17(10-11-18-13-17)15(20)19-12-16(2,3)14-8-6-5-7-9-14/h5-9,18H,4,10-13H2,1-3H3,(H,19,20). The molecule has 20 heavy (non-hydrogen) atoms. The van der Waals surface area contributed by atoms with E-state index in [9.17, 15) is 4.79 Å². The molecule has 1 atom stereocenters. The van der Waals surface area contributed by atoms with Gasteiger partial charge in [-0.1, -0.05) is 51.1 Å². The number of benzene rings is 1. The average molecular weight is 274 g/mol. The third kappa shape index (κ3) is 3.04. The van der Waals surface area contributed by atoms with Crippen molar-refractivity contribution in [3.8, 4) is 0 Å². The predicted molar refractivity (Wildman–Crippen MR) is 82.7 cm³/mol. The van der Waals surface area contributed by atoms with E-state index in [1.165, 1.54) is 5.56 Å². The number of carbonyl (C=O) groups excluding carboxylic acids is 1.